The molecule has 0 radical (unpaired) electrons. The van der Waals surface area contributed by atoms with Gasteiger partial charge >= 0.3 is 10.2 Å². The van der Waals surface area contributed by atoms with E-state index >= 15 is 0 Å². The van der Waals surface area contributed by atoms with Gasteiger partial charge in [0, 0.05) is 18.1 Å². The number of para-hydroxylation sites is 1. The third kappa shape index (κ3) is 5.21. The Kier molecular flexibility index (Phi) is 7.37. The van der Waals surface area contributed by atoms with E-state index in [-0.39, 0.29) is 41.5 Å². The summed E-state index contributed by atoms with van der Waals surface area (Å²) < 4.78 is 71.4. The van der Waals surface area contributed by atoms with Crippen LogP contribution in [0.1, 0.15) is 45.5 Å². The standard InChI is InChI=1S/C32H30F2N6O5S/c1-17-8-19-10-21(11-20(19)12-27(17)38-46(42,43)40-22-6-7-23(40)16-44-15-22)30(41)24-13-37-39(32(24)35)28-14-36-29(9-18(28)2)45-31-25(33)4-3-5-26(31)34/h3-5,8-10,12-14,22-23,38H,6-7,11,15-16,35H2,1-2H3. The lowest BCUT2D eigenvalue weighted by Crippen LogP contribution is -2.51. The van der Waals surface area contributed by atoms with Gasteiger partial charge in [0.2, 0.25) is 11.6 Å². The van der Waals surface area contributed by atoms with E-state index in [1.807, 2.05) is 13.0 Å². The number of ether oxygens (including phenoxy) is 2. The molecule has 2 aromatic heterocycles. The average molecular weight is 649 g/mol. The number of carbonyl (C=O) groups excluding carboxylic acids is 1. The van der Waals surface area contributed by atoms with Crippen LogP contribution in [0, 0.1) is 25.5 Å². The summed E-state index contributed by atoms with van der Waals surface area (Å²) in [6.45, 7) is 4.32. The number of ketones is 1. The highest BCUT2D eigenvalue weighted by Gasteiger charge is 2.44. The number of pyridine rings is 1. The van der Waals surface area contributed by atoms with Gasteiger partial charge in [-0.15, -0.1) is 0 Å². The lowest BCUT2D eigenvalue weighted by atomic mass is 10.0. The number of anilines is 2. The summed E-state index contributed by atoms with van der Waals surface area (Å²) in [6.07, 6.45) is 6.38. The number of nitrogens with zero attached hydrogens (tertiary/aromatic N) is 4. The van der Waals surface area contributed by atoms with E-state index in [0.717, 1.165) is 41.7 Å². The van der Waals surface area contributed by atoms with Crippen molar-refractivity contribution in [2.75, 3.05) is 23.7 Å². The van der Waals surface area contributed by atoms with E-state index in [1.54, 1.807) is 19.1 Å². The van der Waals surface area contributed by atoms with Gasteiger partial charge in [0.25, 0.3) is 0 Å². The molecule has 2 atom stereocenters. The highest BCUT2D eigenvalue weighted by molar-refractivity contribution is 7.90. The summed E-state index contributed by atoms with van der Waals surface area (Å²) in [5.74, 6) is -2.55. The molecule has 46 heavy (non-hydrogen) atoms. The molecule has 4 aromatic rings. The van der Waals surface area contributed by atoms with Gasteiger partial charge in [0.05, 0.1) is 54.6 Å². The first-order chi connectivity index (χ1) is 22.0. The van der Waals surface area contributed by atoms with Gasteiger partial charge in [-0.3, -0.25) is 9.52 Å². The van der Waals surface area contributed by atoms with Crippen LogP contribution in [-0.2, 0) is 21.4 Å². The Balaban J connectivity index is 1.08. The zero-order valence-corrected chi connectivity index (χ0v) is 25.8. The van der Waals surface area contributed by atoms with Crippen molar-refractivity contribution in [3.05, 3.63) is 93.8 Å². The van der Waals surface area contributed by atoms with Gasteiger partial charge in [-0.05, 0) is 79.3 Å². The molecule has 0 saturated carbocycles. The molecular weight excluding hydrogens is 618 g/mol. The van der Waals surface area contributed by atoms with Crippen LogP contribution in [0.5, 0.6) is 11.6 Å². The number of aryl methyl sites for hydroxylation is 2. The van der Waals surface area contributed by atoms with Gasteiger partial charge in [-0.25, -0.2) is 18.4 Å². The molecular formula is C32H30F2N6O5S. The highest BCUT2D eigenvalue weighted by atomic mass is 32.2. The Morgan fingerprint density at radius 3 is 2.48 bits per heavy atom. The number of benzene rings is 2. The maximum absolute atomic E-state index is 14.0. The molecule has 11 nitrogen and oxygen atoms in total. The summed E-state index contributed by atoms with van der Waals surface area (Å²) in [5, 5.41) is 4.31. The number of hydrogen-bond acceptors (Lipinski definition) is 8. The maximum Gasteiger partial charge on any atom is 0.302 e. The lowest BCUT2D eigenvalue weighted by Gasteiger charge is -2.33. The van der Waals surface area contributed by atoms with Crippen LogP contribution in [0.2, 0.25) is 0 Å². The second kappa shape index (κ2) is 11.3. The van der Waals surface area contributed by atoms with Crippen molar-refractivity contribution in [2.45, 2.75) is 45.2 Å². The zero-order valence-electron chi connectivity index (χ0n) is 25.0. The van der Waals surface area contributed by atoms with E-state index in [9.17, 15) is 22.0 Å². The molecule has 2 bridgehead atoms. The number of nitrogen functional groups attached to an aromatic ring is 1. The van der Waals surface area contributed by atoms with Crippen LogP contribution < -0.4 is 15.2 Å². The fraction of sp³-hybridized carbons (Fsp3) is 0.281. The number of Topliss-reactive ketones (excluding diaryl/α,β-unsaturated/α-hetero) is 1. The fourth-order valence-corrected chi connectivity index (χ4v) is 8.04. The SMILES string of the molecule is Cc1cc2c(cc1NS(=O)(=O)N1C3CCC1COC3)CC(C(=O)c1cnn(-c3cnc(Oc4c(F)cccc4F)cc3C)c1N)=C2. The van der Waals surface area contributed by atoms with Gasteiger partial charge < -0.3 is 15.2 Å². The van der Waals surface area contributed by atoms with Crippen molar-refractivity contribution in [1.29, 1.82) is 0 Å². The molecule has 0 amide bonds. The van der Waals surface area contributed by atoms with E-state index in [1.165, 1.54) is 33.5 Å². The van der Waals surface area contributed by atoms with Crippen LogP contribution in [-0.4, -0.2) is 58.6 Å². The van der Waals surface area contributed by atoms with Crippen molar-refractivity contribution >= 4 is 33.6 Å². The molecule has 3 N–H and O–H groups in total. The minimum absolute atomic E-state index is 0.0320. The Hall–Kier alpha value is -4.66. The van der Waals surface area contributed by atoms with Crippen LogP contribution in [0.15, 0.2) is 54.4 Å². The molecule has 4 heterocycles. The summed E-state index contributed by atoms with van der Waals surface area (Å²) in [7, 11) is -3.79. The van der Waals surface area contributed by atoms with Gasteiger partial charge in [-0.2, -0.15) is 17.8 Å². The molecule has 1 aliphatic carbocycles. The molecule has 2 aromatic carbocycles. The fourth-order valence-electron chi connectivity index (χ4n) is 6.32. The summed E-state index contributed by atoms with van der Waals surface area (Å²) >= 11 is 0. The largest absolute Gasteiger partial charge is 0.433 e. The molecule has 2 saturated heterocycles. The Morgan fingerprint density at radius 2 is 1.78 bits per heavy atom. The van der Waals surface area contributed by atoms with Crippen molar-refractivity contribution in [2.24, 2.45) is 0 Å². The number of fused-ring (bicyclic) bond motifs is 3. The molecule has 7 rings (SSSR count). The average Bonchev–Trinajstić information content (AvgIpc) is 3.68. The number of carbonyl (C=O) groups is 1. The molecule has 0 spiro atoms. The Morgan fingerprint density at radius 1 is 1.07 bits per heavy atom. The molecule has 3 aliphatic rings. The third-order valence-electron chi connectivity index (χ3n) is 8.64. The quantitative estimate of drug-likeness (QED) is 0.258. The van der Waals surface area contributed by atoms with E-state index < -0.39 is 27.6 Å². The Labute approximate surface area is 263 Å². The van der Waals surface area contributed by atoms with E-state index in [4.69, 9.17) is 15.2 Å². The number of rotatable bonds is 8. The topological polar surface area (TPSA) is 142 Å². The summed E-state index contributed by atoms with van der Waals surface area (Å²) in [5.41, 5.74) is 10.9. The van der Waals surface area contributed by atoms with E-state index in [0.29, 0.717) is 35.7 Å². The molecule has 2 fully saturated rings. The minimum Gasteiger partial charge on any atom is -0.433 e. The van der Waals surface area contributed by atoms with Crippen LogP contribution >= 0.6 is 0 Å². The normalized spacial score (nSPS) is 19.2. The predicted molar refractivity (Wildman–Crippen MR) is 166 cm³/mol. The number of halogens is 2. The number of aromatic nitrogens is 3. The monoisotopic (exact) mass is 648 g/mol. The number of nitrogens with one attached hydrogen (secondary N) is 1. The number of morpholine rings is 1. The number of hydrogen-bond donors (Lipinski definition) is 2. The van der Waals surface area contributed by atoms with Crippen molar-refractivity contribution < 1.29 is 31.5 Å². The summed E-state index contributed by atoms with van der Waals surface area (Å²) in [4.78, 5) is 17.8. The van der Waals surface area contributed by atoms with Crippen molar-refractivity contribution in [1.82, 2.24) is 19.1 Å². The molecule has 238 valence electrons. The van der Waals surface area contributed by atoms with Gasteiger partial charge in [0.15, 0.2) is 17.4 Å². The molecule has 2 aliphatic heterocycles. The molecule has 14 heteroatoms. The first-order valence-corrected chi connectivity index (χ1v) is 16.1. The minimum atomic E-state index is -3.79. The zero-order chi connectivity index (χ0) is 32.3. The van der Waals surface area contributed by atoms with Crippen molar-refractivity contribution in [3.63, 3.8) is 0 Å². The Bertz CT molecular complexity index is 2010. The first kappa shape index (κ1) is 30.0. The second-order valence-electron chi connectivity index (χ2n) is 11.7. The number of allylic oxidation sites excluding steroid dienone is 1. The maximum atomic E-state index is 14.0. The van der Waals surface area contributed by atoms with Crippen molar-refractivity contribution in [3.8, 4) is 17.3 Å². The highest BCUT2D eigenvalue weighted by Crippen LogP contribution is 2.36. The predicted octanol–water partition coefficient (Wildman–Crippen LogP) is 4.88. The first-order valence-electron chi connectivity index (χ1n) is 14.7. The molecule has 2 unspecified atom stereocenters. The van der Waals surface area contributed by atoms with Crippen LogP contribution in [0.4, 0.5) is 20.3 Å². The second-order valence-corrected chi connectivity index (χ2v) is 13.3. The van der Waals surface area contributed by atoms with Gasteiger partial charge in [0.1, 0.15) is 5.82 Å². The number of nitrogens with two attached hydrogens (primary N) is 1. The third-order valence-corrected chi connectivity index (χ3v) is 10.3. The lowest BCUT2D eigenvalue weighted by molar-refractivity contribution is 0.0272. The van der Waals surface area contributed by atoms with Crippen LogP contribution in [0.25, 0.3) is 11.8 Å². The summed E-state index contributed by atoms with van der Waals surface area (Å²) in [6, 6.07) is 8.18. The van der Waals surface area contributed by atoms with Crippen LogP contribution in [0.3, 0.4) is 0 Å². The van der Waals surface area contributed by atoms with Gasteiger partial charge in [-0.1, -0.05) is 6.07 Å². The smallest absolute Gasteiger partial charge is 0.302 e. The van der Waals surface area contributed by atoms with E-state index in [2.05, 4.69) is 14.8 Å².